The Kier molecular flexibility index (Phi) is 6.88. The molecule has 2 aliphatic heterocycles. The van der Waals surface area contributed by atoms with Crippen LogP contribution in [0.3, 0.4) is 0 Å². The quantitative estimate of drug-likeness (QED) is 0.665. The molecule has 0 saturated carbocycles. The molecule has 0 unspecified atom stereocenters. The van der Waals surface area contributed by atoms with E-state index in [1.54, 1.807) is 14.2 Å². The minimum atomic E-state index is -0.120. The first-order valence-electron chi connectivity index (χ1n) is 10.8. The van der Waals surface area contributed by atoms with Crippen LogP contribution < -0.4 is 19.9 Å². The maximum Gasteiger partial charge on any atom is 0.225 e. The van der Waals surface area contributed by atoms with Crippen molar-refractivity contribution in [3.8, 4) is 5.75 Å². The van der Waals surface area contributed by atoms with Gasteiger partial charge in [0.25, 0.3) is 0 Å². The first kappa shape index (κ1) is 21.8. The molecular formula is C24H30ClN3O3. The van der Waals surface area contributed by atoms with Crippen LogP contribution in [0.4, 0.5) is 11.4 Å². The van der Waals surface area contributed by atoms with Crippen LogP contribution in [-0.2, 0) is 16.0 Å². The zero-order valence-corrected chi connectivity index (χ0v) is 18.9. The van der Waals surface area contributed by atoms with E-state index >= 15 is 0 Å². The summed E-state index contributed by atoms with van der Waals surface area (Å²) in [6.07, 6.45) is 1.56. The number of anilines is 2. The van der Waals surface area contributed by atoms with E-state index in [2.05, 4.69) is 39.4 Å². The van der Waals surface area contributed by atoms with Gasteiger partial charge in [-0.15, -0.1) is 0 Å². The fourth-order valence-corrected chi connectivity index (χ4v) is 4.91. The van der Waals surface area contributed by atoms with Crippen LogP contribution in [0.15, 0.2) is 42.5 Å². The van der Waals surface area contributed by atoms with Gasteiger partial charge in [0.05, 0.1) is 24.8 Å². The third kappa shape index (κ3) is 4.60. The zero-order chi connectivity index (χ0) is 21.8. The van der Waals surface area contributed by atoms with E-state index in [1.165, 1.54) is 11.3 Å². The molecular weight excluding hydrogens is 414 g/mol. The van der Waals surface area contributed by atoms with Crippen molar-refractivity contribution in [3.05, 3.63) is 53.1 Å². The van der Waals surface area contributed by atoms with Gasteiger partial charge in [-0.1, -0.05) is 29.8 Å². The Labute approximate surface area is 189 Å². The number of hydrogen-bond donors (Lipinski definition) is 1. The SMILES string of the molecule is COCCCNC(=O)[C@@H]1Cc2ccccc2N2CCN(c3cc(Cl)ccc3OC)C[C@H]12. The third-order valence-electron chi connectivity index (χ3n) is 6.27. The van der Waals surface area contributed by atoms with E-state index < -0.39 is 0 Å². The molecule has 2 aromatic rings. The predicted octanol–water partition coefficient (Wildman–Crippen LogP) is 3.37. The number of methoxy groups -OCH3 is 2. The van der Waals surface area contributed by atoms with Crippen molar-refractivity contribution in [1.29, 1.82) is 0 Å². The number of carbonyl (C=O) groups is 1. The smallest absolute Gasteiger partial charge is 0.225 e. The predicted molar refractivity (Wildman–Crippen MR) is 124 cm³/mol. The van der Waals surface area contributed by atoms with Crippen molar-refractivity contribution in [3.63, 3.8) is 0 Å². The third-order valence-corrected chi connectivity index (χ3v) is 6.50. The Morgan fingerprint density at radius 3 is 2.81 bits per heavy atom. The molecule has 1 saturated heterocycles. The molecule has 0 bridgehead atoms. The molecule has 0 spiro atoms. The molecule has 7 heteroatoms. The van der Waals surface area contributed by atoms with Crippen LogP contribution in [0, 0.1) is 5.92 Å². The molecule has 1 amide bonds. The molecule has 2 heterocycles. The van der Waals surface area contributed by atoms with Crippen LogP contribution in [0.5, 0.6) is 5.75 Å². The summed E-state index contributed by atoms with van der Waals surface area (Å²) in [6.45, 7) is 3.69. The highest BCUT2D eigenvalue weighted by molar-refractivity contribution is 6.30. The number of piperazine rings is 1. The molecule has 2 atom stereocenters. The van der Waals surface area contributed by atoms with Gasteiger partial charge in [-0.05, 0) is 42.7 Å². The van der Waals surface area contributed by atoms with Gasteiger partial charge in [0.1, 0.15) is 5.75 Å². The summed E-state index contributed by atoms with van der Waals surface area (Å²) in [6, 6.07) is 14.2. The van der Waals surface area contributed by atoms with E-state index in [9.17, 15) is 4.79 Å². The van der Waals surface area contributed by atoms with E-state index in [0.717, 1.165) is 43.9 Å². The highest BCUT2D eigenvalue weighted by Crippen LogP contribution is 2.39. The van der Waals surface area contributed by atoms with Gasteiger partial charge in [0, 0.05) is 50.6 Å². The molecule has 166 valence electrons. The lowest BCUT2D eigenvalue weighted by molar-refractivity contribution is -0.125. The van der Waals surface area contributed by atoms with E-state index in [-0.39, 0.29) is 17.9 Å². The molecule has 1 N–H and O–H groups in total. The molecule has 6 nitrogen and oxygen atoms in total. The van der Waals surface area contributed by atoms with Crippen molar-refractivity contribution in [2.24, 2.45) is 5.92 Å². The number of para-hydroxylation sites is 1. The summed E-state index contributed by atoms with van der Waals surface area (Å²) in [4.78, 5) is 17.9. The van der Waals surface area contributed by atoms with Crippen molar-refractivity contribution < 1.29 is 14.3 Å². The zero-order valence-electron chi connectivity index (χ0n) is 18.1. The molecule has 0 aliphatic carbocycles. The Bertz CT molecular complexity index is 923. The summed E-state index contributed by atoms with van der Waals surface area (Å²) >= 11 is 6.29. The van der Waals surface area contributed by atoms with Gasteiger partial charge in [-0.25, -0.2) is 0 Å². The lowest BCUT2D eigenvalue weighted by atomic mass is 9.83. The van der Waals surface area contributed by atoms with Gasteiger partial charge in [0.15, 0.2) is 0 Å². The fourth-order valence-electron chi connectivity index (χ4n) is 4.75. The van der Waals surface area contributed by atoms with Crippen LogP contribution >= 0.6 is 11.6 Å². The molecule has 2 aliphatic rings. The fraction of sp³-hybridized carbons (Fsp3) is 0.458. The normalized spacial score (nSPS) is 20.1. The number of amides is 1. The second-order valence-corrected chi connectivity index (χ2v) is 8.54. The Morgan fingerprint density at radius 2 is 2.00 bits per heavy atom. The van der Waals surface area contributed by atoms with Gasteiger partial charge < -0.3 is 24.6 Å². The Hall–Kier alpha value is -2.44. The summed E-state index contributed by atoms with van der Waals surface area (Å²) in [5.74, 6) is 0.792. The van der Waals surface area contributed by atoms with Crippen LogP contribution in [0.2, 0.25) is 5.02 Å². The van der Waals surface area contributed by atoms with E-state index in [0.29, 0.717) is 18.2 Å². The average Bonchev–Trinajstić information content (AvgIpc) is 2.80. The van der Waals surface area contributed by atoms with E-state index in [4.69, 9.17) is 21.1 Å². The number of fused-ring (bicyclic) bond motifs is 3. The molecule has 4 rings (SSSR count). The van der Waals surface area contributed by atoms with Crippen molar-refractivity contribution in [1.82, 2.24) is 5.32 Å². The van der Waals surface area contributed by atoms with Crippen molar-refractivity contribution in [2.45, 2.75) is 18.9 Å². The van der Waals surface area contributed by atoms with Gasteiger partial charge >= 0.3 is 0 Å². The van der Waals surface area contributed by atoms with Crippen LogP contribution in [0.25, 0.3) is 0 Å². The van der Waals surface area contributed by atoms with Crippen molar-refractivity contribution in [2.75, 3.05) is 56.8 Å². The molecule has 1 fully saturated rings. The molecule has 2 aromatic carbocycles. The largest absolute Gasteiger partial charge is 0.495 e. The summed E-state index contributed by atoms with van der Waals surface area (Å²) in [7, 11) is 3.36. The Morgan fingerprint density at radius 1 is 1.16 bits per heavy atom. The van der Waals surface area contributed by atoms with Gasteiger partial charge in [-0.2, -0.15) is 0 Å². The highest BCUT2D eigenvalue weighted by Gasteiger charge is 2.41. The van der Waals surface area contributed by atoms with Crippen LogP contribution in [-0.4, -0.2) is 59.0 Å². The number of nitrogens with zero attached hydrogens (tertiary/aromatic N) is 2. The second kappa shape index (κ2) is 9.79. The molecule has 0 radical (unpaired) electrons. The number of benzene rings is 2. The Balaban J connectivity index is 1.60. The van der Waals surface area contributed by atoms with Crippen molar-refractivity contribution >= 4 is 28.9 Å². The lowest BCUT2D eigenvalue weighted by Crippen LogP contribution is -2.61. The molecule has 0 aromatic heterocycles. The first-order valence-corrected chi connectivity index (χ1v) is 11.2. The van der Waals surface area contributed by atoms with Crippen LogP contribution in [0.1, 0.15) is 12.0 Å². The highest BCUT2D eigenvalue weighted by atomic mass is 35.5. The number of carbonyl (C=O) groups excluding carboxylic acids is 1. The summed E-state index contributed by atoms with van der Waals surface area (Å²) < 4.78 is 10.7. The monoisotopic (exact) mass is 443 g/mol. The number of rotatable bonds is 7. The molecule has 31 heavy (non-hydrogen) atoms. The van der Waals surface area contributed by atoms with Gasteiger partial charge in [-0.3, -0.25) is 4.79 Å². The summed E-state index contributed by atoms with van der Waals surface area (Å²) in [5, 5.41) is 3.81. The summed E-state index contributed by atoms with van der Waals surface area (Å²) in [5.41, 5.74) is 3.46. The average molecular weight is 444 g/mol. The maximum absolute atomic E-state index is 13.2. The minimum absolute atomic E-state index is 0.0785. The second-order valence-electron chi connectivity index (χ2n) is 8.10. The standard InChI is InChI=1S/C24H30ClN3O3/c1-30-13-5-10-26-24(29)19-14-17-6-3-4-7-20(17)28-12-11-27(16-22(19)28)21-15-18(25)8-9-23(21)31-2/h3-4,6-9,15,19,22H,5,10-14,16H2,1-2H3,(H,26,29)/t19-,22-/m1/s1. The minimum Gasteiger partial charge on any atom is -0.495 e. The number of ether oxygens (including phenoxy) is 2. The maximum atomic E-state index is 13.2. The number of nitrogens with one attached hydrogen (secondary N) is 1. The van der Waals surface area contributed by atoms with Gasteiger partial charge in [0.2, 0.25) is 5.91 Å². The lowest BCUT2D eigenvalue weighted by Gasteiger charge is -2.49. The number of hydrogen-bond acceptors (Lipinski definition) is 5. The number of halogens is 1. The first-order chi connectivity index (χ1) is 15.1. The topological polar surface area (TPSA) is 54.0 Å². The van der Waals surface area contributed by atoms with E-state index in [1.807, 2.05) is 18.2 Å².